The van der Waals surface area contributed by atoms with Crippen LogP contribution in [0.4, 0.5) is 0 Å². The molecule has 0 spiro atoms. The molecule has 1 heterocycles. The van der Waals surface area contributed by atoms with Crippen LogP contribution in [0.1, 0.15) is 49.7 Å². The maximum Gasteiger partial charge on any atom is 0.191 e. The van der Waals surface area contributed by atoms with Gasteiger partial charge in [0.2, 0.25) is 0 Å². The zero-order valence-electron chi connectivity index (χ0n) is 16.5. The molecule has 1 aromatic heterocycles. The Morgan fingerprint density at radius 2 is 1.96 bits per heavy atom. The van der Waals surface area contributed by atoms with Gasteiger partial charge in [0.15, 0.2) is 5.96 Å². The Labute approximate surface area is 174 Å². The summed E-state index contributed by atoms with van der Waals surface area (Å²) in [5.41, 5.74) is 1.15. The first-order valence-corrected chi connectivity index (χ1v) is 9.86. The molecule has 0 amide bonds. The number of aliphatic imine (C=N–C) groups is 1. The number of hydrogen-bond acceptors (Lipinski definition) is 4. The van der Waals surface area contributed by atoms with Crippen LogP contribution in [0.25, 0.3) is 0 Å². The van der Waals surface area contributed by atoms with Crippen molar-refractivity contribution < 1.29 is 4.74 Å². The molecular formula is C18H35IN4OS. The Hall–Kier alpha value is -0.410. The van der Waals surface area contributed by atoms with E-state index in [1.54, 1.807) is 11.3 Å². The van der Waals surface area contributed by atoms with Gasteiger partial charge in [-0.05, 0) is 40.0 Å². The van der Waals surface area contributed by atoms with Gasteiger partial charge in [0.25, 0.3) is 0 Å². The van der Waals surface area contributed by atoms with Crippen molar-refractivity contribution in [2.75, 3.05) is 26.2 Å². The summed E-state index contributed by atoms with van der Waals surface area (Å²) in [6.45, 7) is 16.0. The quantitative estimate of drug-likeness (QED) is 0.302. The molecule has 2 N–H and O–H groups in total. The summed E-state index contributed by atoms with van der Waals surface area (Å²) in [6.07, 6.45) is 2.22. The maximum atomic E-state index is 5.78. The Morgan fingerprint density at radius 3 is 2.48 bits per heavy atom. The number of rotatable bonds is 10. The lowest BCUT2D eigenvalue weighted by Crippen LogP contribution is -2.38. The predicted octanol–water partition coefficient (Wildman–Crippen LogP) is 3.93. The normalized spacial score (nSPS) is 12.8. The lowest BCUT2D eigenvalue weighted by Gasteiger charge is -2.20. The SMILES string of the molecule is CCNC(=NCCC(OCC)C(C)C)NCCc1sc(C)nc1C.I. The van der Waals surface area contributed by atoms with Gasteiger partial charge in [-0.2, -0.15) is 0 Å². The van der Waals surface area contributed by atoms with Crippen molar-refractivity contribution in [2.45, 2.75) is 60.5 Å². The number of ether oxygens (including phenoxy) is 1. The molecule has 0 radical (unpaired) electrons. The maximum absolute atomic E-state index is 5.78. The van der Waals surface area contributed by atoms with Crippen LogP contribution < -0.4 is 10.6 Å². The van der Waals surface area contributed by atoms with Crippen LogP contribution >= 0.6 is 35.3 Å². The standard InChI is InChI=1S/C18H34N4OS.HI/c1-7-19-18(20-11-9-16(13(3)4)23-8-2)21-12-10-17-14(5)22-15(6)24-17;/h13,16H,7-12H2,1-6H3,(H2,19,20,21);1H. The van der Waals surface area contributed by atoms with Crippen molar-refractivity contribution in [1.29, 1.82) is 0 Å². The predicted molar refractivity (Wildman–Crippen MR) is 120 cm³/mol. The topological polar surface area (TPSA) is 58.5 Å². The van der Waals surface area contributed by atoms with Gasteiger partial charge in [0, 0.05) is 37.5 Å². The molecule has 0 saturated heterocycles. The van der Waals surface area contributed by atoms with Crippen molar-refractivity contribution in [1.82, 2.24) is 15.6 Å². The van der Waals surface area contributed by atoms with Crippen molar-refractivity contribution >= 4 is 41.3 Å². The van der Waals surface area contributed by atoms with Crippen LogP contribution in [0.3, 0.4) is 0 Å². The van der Waals surface area contributed by atoms with Crippen LogP contribution in [-0.2, 0) is 11.2 Å². The molecule has 5 nitrogen and oxygen atoms in total. The van der Waals surface area contributed by atoms with Gasteiger partial charge in [-0.25, -0.2) is 4.98 Å². The minimum atomic E-state index is 0. The molecule has 0 aromatic carbocycles. The second-order valence-electron chi connectivity index (χ2n) is 6.21. The minimum absolute atomic E-state index is 0. The molecular weight excluding hydrogens is 447 g/mol. The molecule has 0 aliphatic rings. The average Bonchev–Trinajstić information content (AvgIpc) is 2.84. The summed E-state index contributed by atoms with van der Waals surface area (Å²) in [5, 5.41) is 7.86. The monoisotopic (exact) mass is 482 g/mol. The first-order chi connectivity index (χ1) is 11.5. The number of thiazole rings is 1. The summed E-state index contributed by atoms with van der Waals surface area (Å²) >= 11 is 1.78. The van der Waals surface area contributed by atoms with E-state index >= 15 is 0 Å². The lowest BCUT2D eigenvalue weighted by atomic mass is 10.0. The number of aryl methyl sites for hydroxylation is 2. The molecule has 146 valence electrons. The molecule has 25 heavy (non-hydrogen) atoms. The van der Waals surface area contributed by atoms with E-state index in [4.69, 9.17) is 4.74 Å². The highest BCUT2D eigenvalue weighted by molar-refractivity contribution is 14.0. The number of halogens is 1. The molecule has 0 saturated carbocycles. The van der Waals surface area contributed by atoms with Crippen LogP contribution in [0.2, 0.25) is 0 Å². The van der Waals surface area contributed by atoms with Crippen LogP contribution in [0.5, 0.6) is 0 Å². The van der Waals surface area contributed by atoms with E-state index < -0.39 is 0 Å². The Kier molecular flexibility index (Phi) is 13.5. The van der Waals surface area contributed by atoms with Gasteiger partial charge in [-0.3, -0.25) is 4.99 Å². The smallest absolute Gasteiger partial charge is 0.191 e. The van der Waals surface area contributed by atoms with Crippen molar-refractivity contribution in [3.63, 3.8) is 0 Å². The number of guanidine groups is 1. The fraction of sp³-hybridized carbons (Fsp3) is 0.778. The van der Waals surface area contributed by atoms with Gasteiger partial charge in [-0.15, -0.1) is 35.3 Å². The summed E-state index contributed by atoms with van der Waals surface area (Å²) in [5.74, 6) is 1.41. The second kappa shape index (κ2) is 13.7. The Morgan fingerprint density at radius 1 is 1.24 bits per heavy atom. The van der Waals surface area contributed by atoms with Crippen LogP contribution in [-0.4, -0.2) is 43.3 Å². The van der Waals surface area contributed by atoms with E-state index in [-0.39, 0.29) is 30.1 Å². The van der Waals surface area contributed by atoms with E-state index in [1.165, 1.54) is 4.88 Å². The van der Waals surface area contributed by atoms with E-state index in [0.717, 1.165) is 55.7 Å². The lowest BCUT2D eigenvalue weighted by molar-refractivity contribution is 0.0266. The third-order valence-electron chi connectivity index (χ3n) is 3.80. The van der Waals surface area contributed by atoms with Gasteiger partial charge >= 0.3 is 0 Å². The molecule has 0 fully saturated rings. The highest BCUT2D eigenvalue weighted by Gasteiger charge is 2.12. The van der Waals surface area contributed by atoms with E-state index in [2.05, 4.69) is 55.2 Å². The molecule has 1 unspecified atom stereocenters. The highest BCUT2D eigenvalue weighted by atomic mass is 127. The van der Waals surface area contributed by atoms with Gasteiger partial charge in [-0.1, -0.05) is 13.8 Å². The summed E-state index contributed by atoms with van der Waals surface area (Å²) < 4.78 is 5.78. The number of aromatic nitrogens is 1. The van der Waals surface area contributed by atoms with Gasteiger partial charge < -0.3 is 15.4 Å². The Balaban J connectivity index is 0.00000576. The molecule has 0 aliphatic heterocycles. The Bertz CT molecular complexity index is 505. The fourth-order valence-corrected chi connectivity index (χ4v) is 3.51. The minimum Gasteiger partial charge on any atom is -0.378 e. The van der Waals surface area contributed by atoms with Crippen LogP contribution in [0, 0.1) is 19.8 Å². The number of hydrogen-bond donors (Lipinski definition) is 2. The third kappa shape index (κ3) is 9.75. The van der Waals surface area contributed by atoms with E-state index in [0.29, 0.717) is 5.92 Å². The third-order valence-corrected chi connectivity index (χ3v) is 4.93. The molecule has 1 atom stereocenters. The summed E-state index contributed by atoms with van der Waals surface area (Å²) in [4.78, 5) is 10.5. The first kappa shape index (κ1) is 24.6. The summed E-state index contributed by atoms with van der Waals surface area (Å²) in [7, 11) is 0. The number of nitrogens with one attached hydrogen (secondary N) is 2. The largest absolute Gasteiger partial charge is 0.378 e. The average molecular weight is 482 g/mol. The molecule has 7 heteroatoms. The van der Waals surface area contributed by atoms with E-state index in [1.807, 2.05) is 6.92 Å². The van der Waals surface area contributed by atoms with Crippen molar-refractivity contribution in [3.8, 4) is 0 Å². The van der Waals surface area contributed by atoms with Crippen LogP contribution in [0.15, 0.2) is 4.99 Å². The van der Waals surface area contributed by atoms with Crippen molar-refractivity contribution in [2.24, 2.45) is 10.9 Å². The second-order valence-corrected chi connectivity index (χ2v) is 7.49. The molecule has 0 aliphatic carbocycles. The van der Waals surface area contributed by atoms with E-state index in [9.17, 15) is 0 Å². The fourth-order valence-electron chi connectivity index (χ4n) is 2.57. The highest BCUT2D eigenvalue weighted by Crippen LogP contribution is 2.17. The zero-order valence-corrected chi connectivity index (χ0v) is 19.7. The van der Waals surface area contributed by atoms with Gasteiger partial charge in [0.1, 0.15) is 0 Å². The van der Waals surface area contributed by atoms with Crippen molar-refractivity contribution in [3.05, 3.63) is 15.6 Å². The summed E-state index contributed by atoms with van der Waals surface area (Å²) in [6, 6.07) is 0. The first-order valence-electron chi connectivity index (χ1n) is 9.04. The molecule has 1 rings (SSSR count). The van der Waals surface area contributed by atoms with Gasteiger partial charge in [0.05, 0.1) is 16.8 Å². The number of nitrogens with zero attached hydrogens (tertiary/aromatic N) is 2. The molecule has 1 aromatic rings. The zero-order chi connectivity index (χ0) is 17.9. The molecule has 0 bridgehead atoms.